The number of nitro benzene ring substituents is 1. The molecular weight excluding hydrogens is 232 g/mol. The molecule has 2 N–H and O–H groups in total. The van der Waals surface area contributed by atoms with E-state index in [4.69, 9.17) is 5.73 Å². The number of rotatable bonds is 3. The second kappa shape index (κ2) is 4.89. The second-order valence-electron chi connectivity index (χ2n) is 3.84. The van der Waals surface area contributed by atoms with E-state index in [1.807, 2.05) is 6.92 Å². The minimum Gasteiger partial charge on any atom is -0.325 e. The van der Waals surface area contributed by atoms with Gasteiger partial charge in [-0.2, -0.15) is 0 Å². The van der Waals surface area contributed by atoms with Gasteiger partial charge < -0.3 is 5.73 Å². The zero-order valence-electron chi connectivity index (χ0n) is 9.83. The predicted molar refractivity (Wildman–Crippen MR) is 66.8 cm³/mol. The van der Waals surface area contributed by atoms with Crippen LogP contribution in [0.1, 0.15) is 11.4 Å². The molecule has 1 heterocycles. The van der Waals surface area contributed by atoms with E-state index in [0.29, 0.717) is 23.6 Å². The summed E-state index contributed by atoms with van der Waals surface area (Å²) in [5.41, 5.74) is 7.68. The molecule has 18 heavy (non-hydrogen) atoms. The summed E-state index contributed by atoms with van der Waals surface area (Å²) in [6.45, 7) is 2.15. The van der Waals surface area contributed by atoms with Crippen LogP contribution in [0, 0.1) is 17.0 Å². The van der Waals surface area contributed by atoms with Crippen molar-refractivity contribution in [3.63, 3.8) is 0 Å². The van der Waals surface area contributed by atoms with Gasteiger partial charge in [-0.15, -0.1) is 0 Å². The van der Waals surface area contributed by atoms with Gasteiger partial charge in [0.2, 0.25) is 0 Å². The first-order valence-electron chi connectivity index (χ1n) is 5.39. The Morgan fingerprint density at radius 1 is 1.33 bits per heavy atom. The first-order chi connectivity index (χ1) is 8.60. The first-order valence-corrected chi connectivity index (χ1v) is 5.39. The van der Waals surface area contributed by atoms with Crippen molar-refractivity contribution in [1.82, 2.24) is 9.97 Å². The highest BCUT2D eigenvalue weighted by molar-refractivity contribution is 5.59. The molecule has 0 saturated heterocycles. The molecule has 0 saturated carbocycles. The number of hydrogen-bond acceptors (Lipinski definition) is 5. The highest BCUT2D eigenvalue weighted by Crippen LogP contribution is 2.21. The second-order valence-corrected chi connectivity index (χ2v) is 3.84. The summed E-state index contributed by atoms with van der Waals surface area (Å²) >= 11 is 0. The van der Waals surface area contributed by atoms with Gasteiger partial charge in [-0.1, -0.05) is 12.1 Å². The molecule has 2 aromatic rings. The molecule has 6 nitrogen and oxygen atoms in total. The monoisotopic (exact) mass is 244 g/mol. The third kappa shape index (κ3) is 2.49. The summed E-state index contributed by atoms with van der Waals surface area (Å²) in [7, 11) is 0. The molecule has 0 spiro atoms. The molecule has 2 rings (SSSR count). The maximum atomic E-state index is 10.7. The Bertz CT molecular complexity index is 598. The number of nitro groups is 1. The minimum absolute atomic E-state index is 0.0203. The van der Waals surface area contributed by atoms with Gasteiger partial charge in [0.05, 0.1) is 10.6 Å². The summed E-state index contributed by atoms with van der Waals surface area (Å²) in [6.07, 6.45) is 0. The van der Waals surface area contributed by atoms with Crippen LogP contribution in [0.15, 0.2) is 30.3 Å². The SMILES string of the molecule is Cc1cc(CN)nc(-c2cccc([N+](=O)[O-])c2)n1. The van der Waals surface area contributed by atoms with Crippen LogP contribution in [0.5, 0.6) is 0 Å². The zero-order chi connectivity index (χ0) is 13.1. The van der Waals surface area contributed by atoms with E-state index in [2.05, 4.69) is 9.97 Å². The molecule has 1 aromatic carbocycles. The van der Waals surface area contributed by atoms with Crippen molar-refractivity contribution in [2.75, 3.05) is 0 Å². The van der Waals surface area contributed by atoms with Gasteiger partial charge in [-0.25, -0.2) is 9.97 Å². The number of nitrogens with two attached hydrogens (primary N) is 1. The number of hydrogen-bond donors (Lipinski definition) is 1. The third-order valence-corrected chi connectivity index (χ3v) is 2.43. The molecule has 0 unspecified atom stereocenters. The summed E-state index contributed by atoms with van der Waals surface area (Å²) in [4.78, 5) is 18.8. The number of aryl methyl sites for hydroxylation is 1. The minimum atomic E-state index is -0.441. The van der Waals surface area contributed by atoms with E-state index in [-0.39, 0.29) is 5.69 Å². The van der Waals surface area contributed by atoms with E-state index >= 15 is 0 Å². The van der Waals surface area contributed by atoms with Crippen molar-refractivity contribution in [3.05, 3.63) is 51.8 Å². The van der Waals surface area contributed by atoms with E-state index in [9.17, 15) is 10.1 Å². The Kier molecular flexibility index (Phi) is 3.29. The van der Waals surface area contributed by atoms with Gasteiger partial charge in [-0.05, 0) is 13.0 Å². The number of benzene rings is 1. The van der Waals surface area contributed by atoms with Crippen LogP contribution >= 0.6 is 0 Å². The third-order valence-electron chi connectivity index (χ3n) is 2.43. The lowest BCUT2D eigenvalue weighted by Gasteiger charge is -2.04. The highest BCUT2D eigenvalue weighted by atomic mass is 16.6. The smallest absolute Gasteiger partial charge is 0.270 e. The molecule has 0 aliphatic carbocycles. The quantitative estimate of drug-likeness (QED) is 0.656. The van der Waals surface area contributed by atoms with E-state index in [0.717, 1.165) is 5.69 Å². The van der Waals surface area contributed by atoms with Crippen LogP contribution in [0.3, 0.4) is 0 Å². The molecule has 0 aliphatic heterocycles. The lowest BCUT2D eigenvalue weighted by molar-refractivity contribution is -0.384. The van der Waals surface area contributed by atoms with Crippen LogP contribution in [0.25, 0.3) is 11.4 Å². The molecule has 0 aliphatic rings. The van der Waals surface area contributed by atoms with Crippen LogP contribution in [0.4, 0.5) is 5.69 Å². The maximum absolute atomic E-state index is 10.7. The van der Waals surface area contributed by atoms with E-state index in [1.165, 1.54) is 12.1 Å². The molecule has 92 valence electrons. The van der Waals surface area contributed by atoms with Gasteiger partial charge in [-0.3, -0.25) is 10.1 Å². The standard InChI is InChI=1S/C12H12N4O2/c1-8-5-10(7-13)15-12(14-8)9-3-2-4-11(6-9)16(17)18/h2-6H,7,13H2,1H3. The summed E-state index contributed by atoms with van der Waals surface area (Å²) < 4.78 is 0. The molecule has 0 radical (unpaired) electrons. The van der Waals surface area contributed by atoms with Gasteiger partial charge in [0.15, 0.2) is 5.82 Å². The molecule has 1 aromatic heterocycles. The van der Waals surface area contributed by atoms with Crippen LogP contribution in [-0.2, 0) is 6.54 Å². The molecule has 6 heteroatoms. The van der Waals surface area contributed by atoms with Crippen molar-refractivity contribution in [3.8, 4) is 11.4 Å². The Balaban J connectivity index is 2.51. The van der Waals surface area contributed by atoms with Crippen LogP contribution < -0.4 is 5.73 Å². The fourth-order valence-electron chi connectivity index (χ4n) is 1.63. The Morgan fingerprint density at radius 2 is 2.11 bits per heavy atom. The topological polar surface area (TPSA) is 94.9 Å². The molecule has 0 amide bonds. The van der Waals surface area contributed by atoms with Crippen LogP contribution in [-0.4, -0.2) is 14.9 Å². The first kappa shape index (κ1) is 12.1. The summed E-state index contributed by atoms with van der Waals surface area (Å²) in [5.74, 6) is 0.458. The van der Waals surface area contributed by atoms with Gasteiger partial charge >= 0.3 is 0 Å². The van der Waals surface area contributed by atoms with Crippen LogP contribution in [0.2, 0.25) is 0 Å². The van der Waals surface area contributed by atoms with E-state index < -0.39 is 4.92 Å². The Labute approximate surface area is 104 Å². The van der Waals surface area contributed by atoms with Gasteiger partial charge in [0.25, 0.3) is 5.69 Å². The lowest BCUT2D eigenvalue weighted by atomic mass is 10.2. The van der Waals surface area contributed by atoms with E-state index in [1.54, 1.807) is 18.2 Å². The molecular formula is C12H12N4O2. The van der Waals surface area contributed by atoms with Crippen molar-refractivity contribution < 1.29 is 4.92 Å². The van der Waals surface area contributed by atoms with Crippen molar-refractivity contribution in [2.45, 2.75) is 13.5 Å². The predicted octanol–water partition coefficient (Wildman–Crippen LogP) is 1.82. The average molecular weight is 244 g/mol. The van der Waals surface area contributed by atoms with Gasteiger partial charge in [0.1, 0.15) is 0 Å². The number of aromatic nitrogens is 2. The fourth-order valence-corrected chi connectivity index (χ4v) is 1.63. The molecule has 0 bridgehead atoms. The summed E-state index contributed by atoms with van der Waals surface area (Å²) in [5, 5.41) is 10.7. The molecule has 0 atom stereocenters. The Hall–Kier alpha value is -2.34. The lowest BCUT2D eigenvalue weighted by Crippen LogP contribution is -2.03. The normalized spacial score (nSPS) is 10.3. The largest absolute Gasteiger partial charge is 0.325 e. The number of non-ortho nitro benzene ring substituents is 1. The molecule has 0 fully saturated rings. The van der Waals surface area contributed by atoms with Crippen molar-refractivity contribution in [1.29, 1.82) is 0 Å². The maximum Gasteiger partial charge on any atom is 0.270 e. The highest BCUT2D eigenvalue weighted by Gasteiger charge is 2.10. The summed E-state index contributed by atoms with van der Waals surface area (Å²) in [6, 6.07) is 8.03. The zero-order valence-corrected chi connectivity index (χ0v) is 9.83. The fraction of sp³-hybridized carbons (Fsp3) is 0.167. The average Bonchev–Trinajstić information content (AvgIpc) is 2.38. The van der Waals surface area contributed by atoms with Gasteiger partial charge in [0, 0.05) is 29.9 Å². The Morgan fingerprint density at radius 3 is 2.78 bits per heavy atom. The van der Waals surface area contributed by atoms with Crippen molar-refractivity contribution in [2.24, 2.45) is 5.73 Å². The number of nitrogens with zero attached hydrogens (tertiary/aromatic N) is 3. The van der Waals surface area contributed by atoms with Crippen molar-refractivity contribution >= 4 is 5.69 Å².